The molecule has 33 heavy (non-hydrogen) atoms. The van der Waals surface area contributed by atoms with Crippen molar-refractivity contribution in [3.8, 4) is 11.5 Å². The van der Waals surface area contributed by atoms with Crippen LogP contribution >= 0.6 is 11.8 Å². The lowest BCUT2D eigenvalue weighted by Crippen LogP contribution is -2.44. The summed E-state index contributed by atoms with van der Waals surface area (Å²) in [6.45, 7) is 3.91. The highest BCUT2D eigenvalue weighted by Gasteiger charge is 2.33. The maximum atomic E-state index is 13.1. The average Bonchev–Trinajstić information content (AvgIpc) is 2.69. The minimum Gasteiger partial charge on any atom is -0.507 e. The Bertz CT molecular complexity index is 1100. The Morgan fingerprint density at radius 3 is 2.24 bits per heavy atom. The number of thioether (sulfide) groups is 1. The molecule has 1 amide bonds. The second kappa shape index (κ2) is 10.5. The summed E-state index contributed by atoms with van der Waals surface area (Å²) in [5, 5.41) is 11.6. The number of nitrogens with one attached hydrogen (secondary N) is 1. The third-order valence-corrected chi connectivity index (χ3v) is 5.30. The summed E-state index contributed by atoms with van der Waals surface area (Å²) in [5.74, 6) is -3.67. The number of ether oxygens (including phenoxy) is 1. The second-order valence-electron chi connectivity index (χ2n) is 7.06. The van der Waals surface area contributed by atoms with Crippen LogP contribution in [0, 0.1) is 6.92 Å². The van der Waals surface area contributed by atoms with Crippen LogP contribution < -0.4 is 10.1 Å². The standard InChI is InChI=1S/C22H20F3NO6S/c1-11-4-6-16(18(29)8-11)21(31)33-10-17(26-13(3)28)20(30)32-19-9-14(22(23,24)25)5-7-15(19)12(2)27/h4-9,17,29H,10H2,1-3H3,(H,26,28)/t17-/m0/s1. The van der Waals surface area contributed by atoms with Crippen molar-refractivity contribution in [2.24, 2.45) is 0 Å². The van der Waals surface area contributed by atoms with Crippen LogP contribution in [0.2, 0.25) is 0 Å². The van der Waals surface area contributed by atoms with Gasteiger partial charge in [0, 0.05) is 12.7 Å². The van der Waals surface area contributed by atoms with Crippen LogP contribution in [0.4, 0.5) is 13.2 Å². The highest BCUT2D eigenvalue weighted by atomic mass is 32.2. The molecule has 7 nitrogen and oxygen atoms in total. The van der Waals surface area contributed by atoms with Crippen LogP contribution in [-0.2, 0) is 15.8 Å². The number of alkyl halides is 3. The van der Waals surface area contributed by atoms with Gasteiger partial charge in [-0.25, -0.2) is 4.79 Å². The van der Waals surface area contributed by atoms with E-state index >= 15 is 0 Å². The molecule has 0 spiro atoms. The number of rotatable bonds is 7. The van der Waals surface area contributed by atoms with Gasteiger partial charge in [0.1, 0.15) is 17.5 Å². The lowest BCUT2D eigenvalue weighted by molar-refractivity contribution is -0.140. The Kier molecular flexibility index (Phi) is 8.26. The normalized spacial score (nSPS) is 12.1. The molecule has 0 saturated carbocycles. The fourth-order valence-electron chi connectivity index (χ4n) is 2.72. The first-order valence-corrected chi connectivity index (χ1v) is 10.5. The van der Waals surface area contributed by atoms with Crippen molar-refractivity contribution >= 4 is 34.5 Å². The van der Waals surface area contributed by atoms with E-state index in [1.807, 2.05) is 0 Å². The van der Waals surface area contributed by atoms with E-state index in [1.165, 1.54) is 12.1 Å². The monoisotopic (exact) mass is 483 g/mol. The van der Waals surface area contributed by atoms with Crippen molar-refractivity contribution in [3.05, 3.63) is 58.7 Å². The predicted molar refractivity (Wildman–Crippen MR) is 114 cm³/mol. The Hall–Kier alpha value is -3.34. The predicted octanol–water partition coefficient (Wildman–Crippen LogP) is 3.91. The molecule has 0 aliphatic rings. The number of hydrogen-bond acceptors (Lipinski definition) is 7. The first kappa shape index (κ1) is 25.9. The molecule has 11 heteroatoms. The molecule has 176 valence electrons. The van der Waals surface area contributed by atoms with Crippen molar-refractivity contribution in [2.45, 2.75) is 33.0 Å². The van der Waals surface area contributed by atoms with E-state index in [-0.39, 0.29) is 22.6 Å². The van der Waals surface area contributed by atoms with E-state index in [9.17, 15) is 37.5 Å². The SMILES string of the molecule is CC(=O)N[C@@H](CSC(=O)c1ccc(C)cc1O)C(=O)Oc1cc(C(F)(F)F)ccc1C(C)=O. The highest BCUT2D eigenvalue weighted by molar-refractivity contribution is 8.14. The molecule has 0 aliphatic heterocycles. The molecular weight excluding hydrogens is 463 g/mol. The molecule has 0 fully saturated rings. The number of carbonyl (C=O) groups excluding carboxylic acids is 4. The number of aryl methyl sites for hydroxylation is 1. The van der Waals surface area contributed by atoms with Gasteiger partial charge >= 0.3 is 12.1 Å². The van der Waals surface area contributed by atoms with Crippen LogP contribution in [0.1, 0.15) is 45.7 Å². The number of hydrogen-bond donors (Lipinski definition) is 2. The van der Waals surface area contributed by atoms with Crippen LogP contribution in [0.25, 0.3) is 0 Å². The Morgan fingerprint density at radius 1 is 1.06 bits per heavy atom. The topological polar surface area (TPSA) is 110 Å². The van der Waals surface area contributed by atoms with Crippen LogP contribution in [0.3, 0.4) is 0 Å². The average molecular weight is 483 g/mol. The van der Waals surface area contributed by atoms with Crippen LogP contribution in [0.15, 0.2) is 36.4 Å². The van der Waals surface area contributed by atoms with E-state index in [2.05, 4.69) is 5.32 Å². The van der Waals surface area contributed by atoms with Crippen LogP contribution in [-0.4, -0.2) is 39.7 Å². The molecule has 2 aromatic rings. The molecule has 2 N–H and O–H groups in total. The lowest BCUT2D eigenvalue weighted by atomic mass is 10.1. The van der Waals surface area contributed by atoms with E-state index in [4.69, 9.17) is 4.74 Å². The fraction of sp³-hybridized carbons (Fsp3) is 0.273. The first-order valence-electron chi connectivity index (χ1n) is 9.47. The minimum absolute atomic E-state index is 0.0164. The summed E-state index contributed by atoms with van der Waals surface area (Å²) in [6, 6.07) is 5.05. The fourth-order valence-corrected chi connectivity index (χ4v) is 3.58. The Balaban J connectivity index is 2.24. The van der Waals surface area contributed by atoms with E-state index in [0.717, 1.165) is 25.5 Å². The molecule has 2 aromatic carbocycles. The number of ketones is 1. The van der Waals surface area contributed by atoms with Gasteiger partial charge in [0.15, 0.2) is 5.78 Å². The Morgan fingerprint density at radius 2 is 1.70 bits per heavy atom. The van der Waals surface area contributed by atoms with Gasteiger partial charge in [0.25, 0.3) is 0 Å². The Labute approximate surface area is 191 Å². The van der Waals surface area contributed by atoms with Gasteiger partial charge in [-0.15, -0.1) is 0 Å². The molecule has 0 aromatic heterocycles. The highest BCUT2D eigenvalue weighted by Crippen LogP contribution is 2.33. The second-order valence-corrected chi connectivity index (χ2v) is 8.05. The quantitative estimate of drug-likeness (QED) is 0.349. The van der Waals surface area contributed by atoms with Crippen LogP contribution in [0.5, 0.6) is 11.5 Å². The summed E-state index contributed by atoms with van der Waals surface area (Å²) >= 11 is 0.595. The molecule has 0 saturated heterocycles. The van der Waals surface area contributed by atoms with Gasteiger partial charge in [-0.3, -0.25) is 14.4 Å². The van der Waals surface area contributed by atoms with E-state index < -0.39 is 46.3 Å². The van der Waals surface area contributed by atoms with Gasteiger partial charge in [-0.05, 0) is 49.7 Å². The molecule has 0 heterocycles. The summed E-state index contributed by atoms with van der Waals surface area (Å²) < 4.78 is 44.2. The molecular formula is C22H20F3NO6S. The number of esters is 1. The number of phenols is 1. The number of aromatic hydroxyl groups is 1. The third-order valence-electron chi connectivity index (χ3n) is 4.32. The maximum absolute atomic E-state index is 13.1. The first-order chi connectivity index (χ1) is 15.3. The maximum Gasteiger partial charge on any atom is 0.416 e. The minimum atomic E-state index is -4.74. The lowest BCUT2D eigenvalue weighted by Gasteiger charge is -2.18. The number of benzene rings is 2. The number of Topliss-reactive ketones (excluding diaryl/α,β-unsaturated/α-hetero) is 1. The van der Waals surface area contributed by atoms with Crippen molar-refractivity contribution < 1.29 is 42.2 Å². The molecule has 0 unspecified atom stereocenters. The largest absolute Gasteiger partial charge is 0.507 e. The van der Waals surface area contributed by atoms with E-state index in [0.29, 0.717) is 23.9 Å². The van der Waals surface area contributed by atoms with Crippen molar-refractivity contribution in [2.75, 3.05) is 5.75 Å². The van der Waals surface area contributed by atoms with Gasteiger partial charge in [0.2, 0.25) is 11.0 Å². The zero-order valence-electron chi connectivity index (χ0n) is 17.8. The van der Waals surface area contributed by atoms with Gasteiger partial charge < -0.3 is 15.2 Å². The van der Waals surface area contributed by atoms with Crippen molar-refractivity contribution in [1.82, 2.24) is 5.32 Å². The molecule has 0 aliphatic carbocycles. The molecule has 2 rings (SSSR count). The van der Waals surface area contributed by atoms with Crippen molar-refractivity contribution in [3.63, 3.8) is 0 Å². The zero-order valence-corrected chi connectivity index (χ0v) is 18.6. The summed E-state index contributed by atoms with van der Waals surface area (Å²) in [6.07, 6.45) is -4.74. The third kappa shape index (κ3) is 7.07. The van der Waals surface area contributed by atoms with Gasteiger partial charge in [0.05, 0.1) is 16.7 Å². The molecule has 0 radical (unpaired) electrons. The number of halogens is 3. The van der Waals surface area contributed by atoms with Crippen molar-refractivity contribution in [1.29, 1.82) is 0 Å². The number of carbonyl (C=O) groups is 4. The molecule has 1 atom stereocenters. The summed E-state index contributed by atoms with van der Waals surface area (Å²) in [5.41, 5.74) is -0.689. The smallest absolute Gasteiger partial charge is 0.416 e. The van der Waals surface area contributed by atoms with E-state index in [1.54, 1.807) is 13.0 Å². The number of amides is 1. The number of phenolic OH excluding ortho intramolecular Hbond substituents is 1. The summed E-state index contributed by atoms with van der Waals surface area (Å²) in [7, 11) is 0. The van der Waals surface area contributed by atoms with Gasteiger partial charge in [-0.1, -0.05) is 17.8 Å². The molecule has 0 bridgehead atoms. The zero-order chi connectivity index (χ0) is 24.9. The summed E-state index contributed by atoms with van der Waals surface area (Å²) in [4.78, 5) is 48.3. The van der Waals surface area contributed by atoms with Gasteiger partial charge in [-0.2, -0.15) is 13.2 Å².